The second kappa shape index (κ2) is 12.0. The maximum Gasteiger partial charge on any atom is 1.00 e. The van der Waals surface area contributed by atoms with Gasteiger partial charge in [-0.15, -0.1) is 5.11 Å². The fourth-order valence-electron chi connectivity index (χ4n) is 3.62. The van der Waals surface area contributed by atoms with Crippen LogP contribution in [0.5, 0.6) is 11.5 Å². The number of anilines is 1. The van der Waals surface area contributed by atoms with Gasteiger partial charge in [-0.25, -0.2) is 0 Å². The van der Waals surface area contributed by atoms with Crippen LogP contribution in [0.4, 0.5) is 17.1 Å². The number of aryl methyl sites for hydroxylation is 1. The molecule has 0 aliphatic rings. The molecule has 0 bridgehead atoms. The van der Waals surface area contributed by atoms with Crippen molar-refractivity contribution in [3.8, 4) is 11.5 Å². The molecule has 0 fully saturated rings. The molecule has 0 aromatic heterocycles. The van der Waals surface area contributed by atoms with E-state index in [1.54, 1.807) is 43.3 Å². The fourth-order valence-corrected chi connectivity index (χ4v) is 5.00. The Morgan fingerprint density at radius 1 is 1.05 bits per heavy atom. The number of ether oxygens (including phenoxy) is 1. The van der Waals surface area contributed by atoms with Gasteiger partial charge in [0.1, 0.15) is 16.3 Å². The smallest absolute Gasteiger partial charge is 0.870 e. The molecule has 0 spiro atoms. The minimum Gasteiger partial charge on any atom is -0.870 e. The number of nitrogens with one attached hydrogen (secondary N) is 1. The Morgan fingerprint density at radius 2 is 1.76 bits per heavy atom. The zero-order chi connectivity index (χ0) is 26.9. The molecule has 38 heavy (non-hydrogen) atoms. The summed E-state index contributed by atoms with van der Waals surface area (Å²) in [6.45, 7) is 1.55. The van der Waals surface area contributed by atoms with Crippen molar-refractivity contribution < 1.29 is 57.2 Å². The number of fused-ring (bicyclic) bond motifs is 1. The van der Waals surface area contributed by atoms with Crippen molar-refractivity contribution >= 4 is 67.1 Å². The SMILES string of the molecule is COc1ccc(Cl)cc1NC(=O)c1cc2ccccc2c(N=Nc2ccc(C)c(Cl)c2S(=O)(=O)O)c1[O-].[Na+]. The normalized spacial score (nSPS) is 11.4. The van der Waals surface area contributed by atoms with Gasteiger partial charge in [-0.05, 0) is 48.2 Å². The summed E-state index contributed by atoms with van der Waals surface area (Å²) in [7, 11) is -3.34. The summed E-state index contributed by atoms with van der Waals surface area (Å²) in [5, 5.41) is 24.9. The van der Waals surface area contributed by atoms with Crippen LogP contribution < -0.4 is 44.7 Å². The first-order chi connectivity index (χ1) is 17.5. The van der Waals surface area contributed by atoms with E-state index in [2.05, 4.69) is 15.5 Å². The van der Waals surface area contributed by atoms with E-state index in [1.165, 1.54) is 31.4 Å². The summed E-state index contributed by atoms with van der Waals surface area (Å²) in [6, 6.07) is 15.5. The van der Waals surface area contributed by atoms with Crippen LogP contribution in [0.2, 0.25) is 10.0 Å². The van der Waals surface area contributed by atoms with Gasteiger partial charge in [0.15, 0.2) is 0 Å². The molecule has 0 saturated heterocycles. The number of amides is 1. The molecule has 0 heterocycles. The molecule has 1 amide bonds. The van der Waals surface area contributed by atoms with Gasteiger partial charge >= 0.3 is 29.6 Å². The summed E-state index contributed by atoms with van der Waals surface area (Å²) < 4.78 is 38.8. The van der Waals surface area contributed by atoms with E-state index < -0.39 is 26.7 Å². The Morgan fingerprint density at radius 3 is 2.45 bits per heavy atom. The van der Waals surface area contributed by atoms with Crippen LogP contribution in [-0.2, 0) is 10.1 Å². The quantitative estimate of drug-likeness (QED) is 0.203. The van der Waals surface area contributed by atoms with Crippen LogP contribution in [0.1, 0.15) is 15.9 Å². The molecule has 2 N–H and O–H groups in total. The molecule has 0 unspecified atom stereocenters. The van der Waals surface area contributed by atoms with Crippen LogP contribution in [0.25, 0.3) is 10.8 Å². The van der Waals surface area contributed by atoms with E-state index in [9.17, 15) is 22.9 Å². The first kappa shape index (κ1) is 29.9. The molecule has 0 aliphatic carbocycles. The van der Waals surface area contributed by atoms with Gasteiger partial charge < -0.3 is 15.2 Å². The van der Waals surface area contributed by atoms with Gasteiger partial charge in [-0.2, -0.15) is 13.5 Å². The van der Waals surface area contributed by atoms with E-state index in [4.69, 9.17) is 27.9 Å². The van der Waals surface area contributed by atoms with Crippen molar-refractivity contribution in [1.82, 2.24) is 0 Å². The largest absolute Gasteiger partial charge is 1.00 e. The number of benzene rings is 4. The van der Waals surface area contributed by atoms with E-state index in [1.807, 2.05) is 0 Å². The Hall–Kier alpha value is -2.70. The fraction of sp³-hybridized carbons (Fsp3) is 0.0800. The van der Waals surface area contributed by atoms with Crippen molar-refractivity contribution in [3.63, 3.8) is 0 Å². The molecule has 0 radical (unpaired) electrons. The van der Waals surface area contributed by atoms with E-state index in [0.717, 1.165) is 0 Å². The maximum atomic E-state index is 13.4. The number of methoxy groups -OCH3 is 1. The van der Waals surface area contributed by atoms with Crippen LogP contribution in [-0.4, -0.2) is 26.0 Å². The number of rotatable bonds is 6. The van der Waals surface area contributed by atoms with Crippen LogP contribution in [0, 0.1) is 6.92 Å². The van der Waals surface area contributed by atoms with Gasteiger partial charge in [0.25, 0.3) is 16.0 Å². The second-order valence-electron chi connectivity index (χ2n) is 7.84. The average molecular weight is 582 g/mol. The molecule has 4 rings (SSSR count). The Balaban J connectivity index is 0.00000400. The number of hydrogen-bond acceptors (Lipinski definition) is 7. The number of azo groups is 1. The second-order valence-corrected chi connectivity index (χ2v) is 10.0. The molecule has 9 nitrogen and oxygen atoms in total. The summed E-state index contributed by atoms with van der Waals surface area (Å²) in [5.74, 6) is -1.17. The third-order valence-electron chi connectivity index (χ3n) is 5.41. The topological polar surface area (TPSA) is 140 Å². The molecular weight excluding hydrogens is 564 g/mol. The van der Waals surface area contributed by atoms with Crippen molar-refractivity contribution in [3.05, 3.63) is 81.8 Å². The van der Waals surface area contributed by atoms with Gasteiger partial charge in [0.2, 0.25) is 0 Å². The summed E-state index contributed by atoms with van der Waals surface area (Å²) in [6.07, 6.45) is 0. The Bertz CT molecular complexity index is 1700. The molecule has 190 valence electrons. The average Bonchev–Trinajstić information content (AvgIpc) is 2.84. The van der Waals surface area contributed by atoms with Gasteiger partial charge in [-0.3, -0.25) is 9.35 Å². The summed E-state index contributed by atoms with van der Waals surface area (Å²) in [4.78, 5) is 12.5. The minimum absolute atomic E-state index is 0. The molecule has 0 atom stereocenters. The number of halogens is 2. The standard InChI is InChI=1S/C25H19Cl2N3O6S.Na/c1-13-7-9-18(24(21(13)27)37(33,34)35)29-30-22-16-6-4-3-5-14(16)11-17(23(22)31)25(32)28-19-12-15(26)8-10-20(19)36-2;/h3-12,31H,1-2H3,(H,28,32)(H,33,34,35);/q;+1/p-1. The summed E-state index contributed by atoms with van der Waals surface area (Å²) >= 11 is 12.1. The number of carbonyl (C=O) groups is 1. The zero-order valence-corrected chi connectivity index (χ0v) is 24.6. The van der Waals surface area contributed by atoms with Gasteiger partial charge in [0.05, 0.1) is 23.5 Å². The molecule has 4 aromatic rings. The zero-order valence-electron chi connectivity index (χ0n) is 20.3. The van der Waals surface area contributed by atoms with E-state index in [-0.39, 0.29) is 57.2 Å². The van der Waals surface area contributed by atoms with Crippen molar-refractivity contribution in [2.45, 2.75) is 11.8 Å². The third kappa shape index (κ3) is 6.13. The maximum absolute atomic E-state index is 13.4. The van der Waals surface area contributed by atoms with Crippen LogP contribution in [0.3, 0.4) is 0 Å². The number of hydrogen-bond donors (Lipinski definition) is 2. The molecule has 0 aliphatic heterocycles. The predicted molar refractivity (Wildman–Crippen MR) is 140 cm³/mol. The molecule has 0 saturated carbocycles. The van der Waals surface area contributed by atoms with Crippen molar-refractivity contribution in [2.75, 3.05) is 12.4 Å². The summed E-state index contributed by atoms with van der Waals surface area (Å²) in [5.41, 5.74) is -0.0906. The third-order valence-corrected chi connectivity index (χ3v) is 7.18. The van der Waals surface area contributed by atoms with Crippen LogP contribution in [0.15, 0.2) is 75.8 Å². The first-order valence-corrected chi connectivity index (χ1v) is 12.8. The van der Waals surface area contributed by atoms with Gasteiger partial charge in [0, 0.05) is 16.0 Å². The van der Waals surface area contributed by atoms with Crippen LogP contribution >= 0.6 is 23.2 Å². The molecule has 4 aromatic carbocycles. The molecular formula is C25H18Cl2N3NaO6S. The van der Waals surface area contributed by atoms with E-state index >= 15 is 0 Å². The first-order valence-electron chi connectivity index (χ1n) is 10.6. The Kier molecular flexibility index (Phi) is 9.43. The van der Waals surface area contributed by atoms with E-state index in [0.29, 0.717) is 27.1 Å². The Labute approximate surface area is 250 Å². The predicted octanol–water partition coefficient (Wildman–Crippen LogP) is 3.46. The monoisotopic (exact) mass is 581 g/mol. The van der Waals surface area contributed by atoms with Crippen molar-refractivity contribution in [2.24, 2.45) is 10.2 Å². The van der Waals surface area contributed by atoms with Crippen molar-refractivity contribution in [1.29, 1.82) is 0 Å². The van der Waals surface area contributed by atoms with Gasteiger partial charge in [-0.1, -0.05) is 59.3 Å². The minimum atomic E-state index is -4.76. The molecule has 13 heteroatoms. The number of nitrogens with zero attached hydrogens (tertiary/aromatic N) is 2. The number of carbonyl (C=O) groups excluding carboxylic acids is 1.